The quantitative estimate of drug-likeness (QED) is 0.494. The third-order valence-electron chi connectivity index (χ3n) is 3.99. The Morgan fingerprint density at radius 1 is 1.17 bits per heavy atom. The van der Waals surface area contributed by atoms with Gasteiger partial charge >= 0.3 is 0 Å². The number of nitrogens with one attached hydrogen (secondary N) is 2. The van der Waals surface area contributed by atoms with Crippen LogP contribution in [0.25, 0.3) is 11.5 Å². The van der Waals surface area contributed by atoms with Gasteiger partial charge in [-0.05, 0) is 30.7 Å². The minimum atomic E-state index is -0.136. The number of carbonyl (C=O) groups excluding carboxylic acids is 2. The molecule has 3 aromatic rings. The van der Waals surface area contributed by atoms with Gasteiger partial charge in [0.25, 0.3) is 0 Å². The van der Waals surface area contributed by atoms with Gasteiger partial charge in [-0.3, -0.25) is 14.6 Å². The number of carbonyl (C=O) groups is 2. The molecule has 0 aliphatic heterocycles. The van der Waals surface area contributed by atoms with Crippen LogP contribution in [0.4, 0.5) is 5.69 Å². The molecule has 0 saturated heterocycles. The molecule has 156 valence electrons. The van der Waals surface area contributed by atoms with E-state index in [2.05, 4.69) is 25.8 Å². The van der Waals surface area contributed by atoms with Crippen molar-refractivity contribution in [3.05, 3.63) is 54.6 Å². The highest BCUT2D eigenvalue weighted by Crippen LogP contribution is 2.17. The lowest BCUT2D eigenvalue weighted by atomic mass is 10.3. The average molecular weight is 409 g/mol. The number of aromatic nitrogens is 3. The minimum Gasteiger partial charge on any atom is -0.493 e. The lowest BCUT2D eigenvalue weighted by Gasteiger charge is -2.09. The minimum absolute atomic E-state index is 0.0970. The molecule has 0 unspecified atom stereocenters. The van der Waals surface area contributed by atoms with Crippen molar-refractivity contribution in [3.63, 3.8) is 0 Å². The number of pyridine rings is 1. The van der Waals surface area contributed by atoms with Crippen molar-refractivity contribution in [1.29, 1.82) is 0 Å². The Morgan fingerprint density at radius 2 is 2.07 bits per heavy atom. The first-order valence-electron chi connectivity index (χ1n) is 9.61. The number of benzene rings is 1. The van der Waals surface area contributed by atoms with Crippen LogP contribution in [0, 0.1) is 0 Å². The fourth-order valence-electron chi connectivity index (χ4n) is 2.62. The van der Waals surface area contributed by atoms with Crippen LogP contribution in [0.1, 0.15) is 25.7 Å². The molecule has 30 heavy (non-hydrogen) atoms. The molecule has 3 rings (SSSR count). The van der Waals surface area contributed by atoms with E-state index < -0.39 is 0 Å². The fourth-order valence-corrected chi connectivity index (χ4v) is 2.62. The van der Waals surface area contributed by atoms with Crippen LogP contribution in [-0.4, -0.2) is 40.1 Å². The summed E-state index contributed by atoms with van der Waals surface area (Å²) in [6.45, 7) is 2.39. The maximum absolute atomic E-state index is 12.0. The van der Waals surface area contributed by atoms with Crippen molar-refractivity contribution in [3.8, 4) is 17.3 Å². The lowest BCUT2D eigenvalue weighted by molar-refractivity contribution is -0.121. The second-order valence-corrected chi connectivity index (χ2v) is 6.49. The second-order valence-electron chi connectivity index (χ2n) is 6.49. The molecule has 0 aliphatic rings. The first kappa shape index (κ1) is 21.0. The van der Waals surface area contributed by atoms with Crippen molar-refractivity contribution in [2.45, 2.75) is 26.2 Å². The number of hydrogen-bond acceptors (Lipinski definition) is 7. The van der Waals surface area contributed by atoms with Crippen LogP contribution >= 0.6 is 0 Å². The zero-order valence-corrected chi connectivity index (χ0v) is 16.6. The fraction of sp³-hybridized carbons (Fsp3) is 0.286. The number of ether oxygens (including phenoxy) is 1. The molecule has 0 bridgehead atoms. The van der Waals surface area contributed by atoms with E-state index in [-0.39, 0.29) is 18.2 Å². The molecule has 2 aromatic heterocycles. The third kappa shape index (κ3) is 6.69. The topological polar surface area (TPSA) is 119 Å². The van der Waals surface area contributed by atoms with Gasteiger partial charge in [-0.25, -0.2) is 0 Å². The highest BCUT2D eigenvalue weighted by molar-refractivity contribution is 5.88. The predicted molar refractivity (Wildman–Crippen MR) is 110 cm³/mol. The van der Waals surface area contributed by atoms with Crippen molar-refractivity contribution in [2.24, 2.45) is 0 Å². The van der Waals surface area contributed by atoms with Crippen LogP contribution in [0.3, 0.4) is 0 Å². The number of rotatable bonds is 10. The molecule has 0 fully saturated rings. The van der Waals surface area contributed by atoms with E-state index in [9.17, 15) is 9.59 Å². The summed E-state index contributed by atoms with van der Waals surface area (Å²) in [4.78, 5) is 31.5. The van der Waals surface area contributed by atoms with Crippen molar-refractivity contribution in [1.82, 2.24) is 20.4 Å². The van der Waals surface area contributed by atoms with E-state index in [1.807, 2.05) is 18.2 Å². The van der Waals surface area contributed by atoms with Crippen LogP contribution < -0.4 is 15.4 Å². The van der Waals surface area contributed by atoms with Gasteiger partial charge in [-0.15, -0.1) is 0 Å². The summed E-state index contributed by atoms with van der Waals surface area (Å²) in [5.74, 6) is 1.23. The van der Waals surface area contributed by atoms with E-state index in [4.69, 9.17) is 9.26 Å². The number of nitrogens with zero attached hydrogens (tertiary/aromatic N) is 3. The van der Waals surface area contributed by atoms with Gasteiger partial charge in [-0.1, -0.05) is 17.3 Å². The first-order chi connectivity index (χ1) is 14.6. The highest BCUT2D eigenvalue weighted by atomic mass is 16.5. The Bertz CT molecular complexity index is 974. The monoisotopic (exact) mass is 409 g/mol. The number of amides is 2. The maximum Gasteiger partial charge on any atom is 0.227 e. The molecule has 9 nitrogen and oxygen atoms in total. The SMILES string of the molecule is CC(=O)Nc1cccc(OCCCNC(=O)CCc2nc(-c3ccccn3)no2)c1. The Kier molecular flexibility index (Phi) is 7.48. The summed E-state index contributed by atoms with van der Waals surface area (Å²) >= 11 is 0. The van der Waals surface area contributed by atoms with Gasteiger partial charge in [0.2, 0.25) is 23.5 Å². The summed E-state index contributed by atoms with van der Waals surface area (Å²) < 4.78 is 10.8. The number of anilines is 1. The van der Waals surface area contributed by atoms with Gasteiger partial charge in [-0.2, -0.15) is 4.98 Å². The number of aryl methyl sites for hydroxylation is 1. The molecule has 2 heterocycles. The molecular weight excluding hydrogens is 386 g/mol. The van der Waals surface area contributed by atoms with Crippen molar-refractivity contribution in [2.75, 3.05) is 18.5 Å². The summed E-state index contributed by atoms with van der Waals surface area (Å²) in [7, 11) is 0. The lowest BCUT2D eigenvalue weighted by Crippen LogP contribution is -2.25. The largest absolute Gasteiger partial charge is 0.493 e. The van der Waals surface area contributed by atoms with Gasteiger partial charge in [0, 0.05) is 44.3 Å². The molecule has 2 N–H and O–H groups in total. The normalized spacial score (nSPS) is 10.4. The Balaban J connectivity index is 1.32. The Morgan fingerprint density at radius 3 is 2.87 bits per heavy atom. The van der Waals surface area contributed by atoms with Crippen LogP contribution in [0.5, 0.6) is 5.75 Å². The van der Waals surface area contributed by atoms with E-state index in [0.29, 0.717) is 54.8 Å². The molecule has 0 aliphatic carbocycles. The average Bonchev–Trinajstić information content (AvgIpc) is 3.22. The smallest absolute Gasteiger partial charge is 0.227 e. The molecule has 2 amide bonds. The maximum atomic E-state index is 12.0. The summed E-state index contributed by atoms with van der Waals surface area (Å²) in [5.41, 5.74) is 1.31. The molecule has 9 heteroatoms. The van der Waals surface area contributed by atoms with Gasteiger partial charge in [0.15, 0.2) is 0 Å². The second kappa shape index (κ2) is 10.7. The Hall–Kier alpha value is -3.75. The van der Waals surface area contributed by atoms with E-state index in [1.165, 1.54) is 6.92 Å². The van der Waals surface area contributed by atoms with Gasteiger partial charge in [0.05, 0.1) is 6.61 Å². The van der Waals surface area contributed by atoms with Crippen molar-refractivity contribution < 1.29 is 18.8 Å². The van der Waals surface area contributed by atoms with E-state index in [1.54, 1.807) is 30.5 Å². The molecule has 0 radical (unpaired) electrons. The molecule has 0 saturated carbocycles. The molecule has 0 atom stereocenters. The molecule has 0 spiro atoms. The summed E-state index contributed by atoms with van der Waals surface area (Å²) in [6.07, 6.45) is 2.92. The molecular formula is C21H23N5O4. The predicted octanol–water partition coefficient (Wildman–Crippen LogP) is 2.61. The van der Waals surface area contributed by atoms with Gasteiger partial charge < -0.3 is 19.9 Å². The Labute approximate surface area is 173 Å². The highest BCUT2D eigenvalue weighted by Gasteiger charge is 2.11. The summed E-state index contributed by atoms with van der Waals surface area (Å²) in [6, 6.07) is 12.6. The number of hydrogen-bond donors (Lipinski definition) is 2. The first-order valence-corrected chi connectivity index (χ1v) is 9.61. The third-order valence-corrected chi connectivity index (χ3v) is 3.99. The molecule has 1 aromatic carbocycles. The zero-order valence-electron chi connectivity index (χ0n) is 16.6. The van der Waals surface area contributed by atoms with E-state index >= 15 is 0 Å². The van der Waals surface area contributed by atoms with Crippen LogP contribution in [-0.2, 0) is 16.0 Å². The van der Waals surface area contributed by atoms with E-state index in [0.717, 1.165) is 0 Å². The summed E-state index contributed by atoms with van der Waals surface area (Å²) in [5, 5.41) is 9.42. The van der Waals surface area contributed by atoms with Crippen LogP contribution in [0.2, 0.25) is 0 Å². The van der Waals surface area contributed by atoms with Crippen LogP contribution in [0.15, 0.2) is 53.2 Å². The van der Waals surface area contributed by atoms with Crippen molar-refractivity contribution >= 4 is 17.5 Å². The zero-order chi connectivity index (χ0) is 21.2. The standard InChI is InChI=1S/C21H23N5O4/c1-15(27)24-16-6-4-7-17(14-16)29-13-5-12-23-19(28)9-10-20-25-21(26-30-20)18-8-2-3-11-22-18/h2-4,6-8,11,14H,5,9-10,12-13H2,1H3,(H,23,28)(H,24,27). The van der Waals surface area contributed by atoms with Gasteiger partial charge in [0.1, 0.15) is 11.4 Å².